The maximum absolute atomic E-state index is 13.0. The minimum atomic E-state index is -3.09. The Morgan fingerprint density at radius 1 is 1.26 bits per heavy atom. The first-order valence-electron chi connectivity index (χ1n) is 8.38. The molecule has 1 aromatic rings. The highest BCUT2D eigenvalue weighted by Gasteiger charge is 2.33. The van der Waals surface area contributed by atoms with E-state index < -0.39 is 9.84 Å². The minimum Gasteiger partial charge on any atom is -0.334 e. The third kappa shape index (κ3) is 3.94. The van der Waals surface area contributed by atoms with Crippen LogP contribution in [0.15, 0.2) is 5.51 Å². The van der Waals surface area contributed by atoms with Crippen LogP contribution in [0.1, 0.15) is 66.2 Å². The number of carbonyl (C=O) groups is 1. The number of rotatable bonds is 4. The molecule has 1 aromatic heterocycles. The second-order valence-electron chi connectivity index (χ2n) is 6.79. The van der Waals surface area contributed by atoms with Crippen LogP contribution in [0.3, 0.4) is 0 Å². The average Bonchev–Trinajstić information content (AvgIpc) is 3.16. The molecule has 1 amide bonds. The Morgan fingerprint density at radius 2 is 1.96 bits per heavy atom. The van der Waals surface area contributed by atoms with Gasteiger partial charge in [0.05, 0.1) is 17.0 Å². The first-order chi connectivity index (χ1) is 11.0. The number of aromatic nitrogens is 1. The Morgan fingerprint density at radius 3 is 2.65 bits per heavy atom. The van der Waals surface area contributed by atoms with E-state index in [1.165, 1.54) is 30.4 Å². The van der Waals surface area contributed by atoms with Crippen LogP contribution in [0, 0.1) is 0 Å². The number of nitrogens with zero attached hydrogens (tertiary/aromatic N) is 2. The summed E-state index contributed by atoms with van der Waals surface area (Å²) in [4.78, 5) is 20.0. The molecule has 1 atom stereocenters. The molecule has 0 radical (unpaired) electrons. The van der Waals surface area contributed by atoms with Crippen molar-refractivity contribution in [3.8, 4) is 0 Å². The number of amides is 1. The van der Waals surface area contributed by atoms with E-state index in [0.29, 0.717) is 12.5 Å². The second kappa shape index (κ2) is 6.89. The van der Waals surface area contributed by atoms with Crippen molar-refractivity contribution in [2.45, 2.75) is 56.9 Å². The topological polar surface area (TPSA) is 67.3 Å². The zero-order valence-corrected chi connectivity index (χ0v) is 15.2. The molecule has 1 aliphatic heterocycles. The molecular weight excluding hydrogens is 332 g/mol. The van der Waals surface area contributed by atoms with Gasteiger partial charge in [0, 0.05) is 24.8 Å². The molecule has 1 saturated heterocycles. The van der Waals surface area contributed by atoms with Gasteiger partial charge in [0.25, 0.3) is 5.91 Å². The van der Waals surface area contributed by atoms with E-state index in [-0.39, 0.29) is 17.7 Å². The van der Waals surface area contributed by atoms with Gasteiger partial charge in [0.15, 0.2) is 0 Å². The Kier molecular flexibility index (Phi) is 5.06. The van der Waals surface area contributed by atoms with Crippen molar-refractivity contribution in [1.82, 2.24) is 9.88 Å². The molecule has 2 fully saturated rings. The molecule has 0 spiro atoms. The summed E-state index contributed by atoms with van der Waals surface area (Å²) >= 11 is 1.41. The Labute approximate surface area is 142 Å². The molecule has 1 unspecified atom stereocenters. The molecule has 0 aromatic carbocycles. The number of piperidine rings is 1. The van der Waals surface area contributed by atoms with Gasteiger partial charge in [-0.1, -0.05) is 12.8 Å². The fourth-order valence-electron chi connectivity index (χ4n) is 3.83. The summed E-state index contributed by atoms with van der Waals surface area (Å²) in [5.74, 6) is 0.456. The van der Waals surface area contributed by atoms with Crippen molar-refractivity contribution < 1.29 is 13.2 Å². The molecule has 3 rings (SSSR count). The smallest absolute Gasteiger partial charge is 0.266 e. The number of carbonyl (C=O) groups excluding carboxylic acids is 1. The van der Waals surface area contributed by atoms with Crippen LogP contribution in [0.5, 0.6) is 0 Å². The lowest BCUT2D eigenvalue weighted by Crippen LogP contribution is -2.47. The van der Waals surface area contributed by atoms with Gasteiger partial charge in [-0.25, -0.2) is 13.4 Å². The minimum absolute atomic E-state index is 0.0113. The monoisotopic (exact) mass is 356 g/mol. The van der Waals surface area contributed by atoms with Crippen LogP contribution in [0.2, 0.25) is 0 Å². The maximum Gasteiger partial charge on any atom is 0.266 e. The summed E-state index contributed by atoms with van der Waals surface area (Å²) in [5.41, 5.74) is 2.71. The molecule has 2 heterocycles. The summed E-state index contributed by atoms with van der Waals surface area (Å²) in [5, 5.41) is 0. The SMILES string of the molecule is CS(=O)(=O)CC1CCCCN1C(=O)c1scnc1C1CCCC1. The highest BCUT2D eigenvalue weighted by Crippen LogP contribution is 2.37. The standard InChI is InChI=1S/C16H24N2O3S2/c1-23(20,21)10-13-8-4-5-9-18(13)16(19)15-14(17-11-22-15)12-6-2-3-7-12/h11-13H,2-10H2,1H3. The lowest BCUT2D eigenvalue weighted by atomic mass is 10.0. The first-order valence-corrected chi connectivity index (χ1v) is 11.3. The van der Waals surface area contributed by atoms with E-state index in [1.54, 1.807) is 10.4 Å². The van der Waals surface area contributed by atoms with Gasteiger partial charge in [0.2, 0.25) is 0 Å². The van der Waals surface area contributed by atoms with Gasteiger partial charge >= 0.3 is 0 Å². The molecular formula is C16H24N2O3S2. The predicted molar refractivity (Wildman–Crippen MR) is 91.7 cm³/mol. The molecule has 5 nitrogen and oxygen atoms in total. The second-order valence-corrected chi connectivity index (χ2v) is 9.83. The van der Waals surface area contributed by atoms with Crippen molar-refractivity contribution in [3.05, 3.63) is 16.1 Å². The molecule has 1 aliphatic carbocycles. The quantitative estimate of drug-likeness (QED) is 0.832. The Balaban J connectivity index is 1.82. The van der Waals surface area contributed by atoms with E-state index in [1.807, 2.05) is 0 Å². The van der Waals surface area contributed by atoms with E-state index >= 15 is 0 Å². The van der Waals surface area contributed by atoms with E-state index in [9.17, 15) is 13.2 Å². The first kappa shape index (κ1) is 16.9. The van der Waals surface area contributed by atoms with Crippen molar-refractivity contribution >= 4 is 27.1 Å². The zero-order valence-electron chi connectivity index (χ0n) is 13.5. The number of likely N-dealkylation sites (tertiary alicyclic amines) is 1. The molecule has 0 N–H and O–H groups in total. The van der Waals surface area contributed by atoms with Gasteiger partial charge in [-0.15, -0.1) is 11.3 Å². The molecule has 23 heavy (non-hydrogen) atoms. The van der Waals surface area contributed by atoms with E-state index in [2.05, 4.69) is 4.98 Å². The van der Waals surface area contributed by atoms with Gasteiger partial charge in [-0.3, -0.25) is 4.79 Å². The van der Waals surface area contributed by atoms with Gasteiger partial charge < -0.3 is 4.90 Å². The molecule has 128 valence electrons. The normalized spacial score (nSPS) is 23.3. The highest BCUT2D eigenvalue weighted by molar-refractivity contribution is 7.90. The summed E-state index contributed by atoms with van der Waals surface area (Å²) in [6.07, 6.45) is 8.59. The zero-order chi connectivity index (χ0) is 16.4. The van der Waals surface area contributed by atoms with E-state index in [4.69, 9.17) is 0 Å². The Bertz CT molecular complexity index is 663. The fourth-order valence-corrected chi connectivity index (χ4v) is 5.70. The molecule has 1 saturated carbocycles. The van der Waals surface area contributed by atoms with Crippen LogP contribution >= 0.6 is 11.3 Å². The fraction of sp³-hybridized carbons (Fsp3) is 0.750. The van der Waals surface area contributed by atoms with Crippen molar-refractivity contribution in [2.75, 3.05) is 18.6 Å². The summed E-state index contributed by atoms with van der Waals surface area (Å²) in [7, 11) is -3.09. The largest absolute Gasteiger partial charge is 0.334 e. The third-order valence-corrected chi connectivity index (χ3v) is 6.73. The van der Waals surface area contributed by atoms with E-state index in [0.717, 1.165) is 42.7 Å². The summed E-state index contributed by atoms with van der Waals surface area (Å²) < 4.78 is 23.4. The highest BCUT2D eigenvalue weighted by atomic mass is 32.2. The maximum atomic E-state index is 13.0. The third-order valence-electron chi connectivity index (χ3n) is 4.91. The number of hydrogen-bond donors (Lipinski definition) is 0. The van der Waals surface area contributed by atoms with Gasteiger partial charge in [-0.05, 0) is 32.1 Å². The van der Waals surface area contributed by atoms with Gasteiger partial charge in [0.1, 0.15) is 14.7 Å². The molecule has 0 bridgehead atoms. The summed E-state index contributed by atoms with van der Waals surface area (Å²) in [6, 6.07) is -0.190. The van der Waals surface area contributed by atoms with Crippen LogP contribution in [0.4, 0.5) is 0 Å². The Hall–Kier alpha value is -0.950. The van der Waals surface area contributed by atoms with Crippen LogP contribution in [-0.2, 0) is 9.84 Å². The molecule has 7 heteroatoms. The van der Waals surface area contributed by atoms with Crippen LogP contribution in [0.25, 0.3) is 0 Å². The van der Waals surface area contributed by atoms with Crippen molar-refractivity contribution in [2.24, 2.45) is 0 Å². The number of hydrogen-bond acceptors (Lipinski definition) is 5. The van der Waals surface area contributed by atoms with Crippen LogP contribution in [-0.4, -0.2) is 48.8 Å². The predicted octanol–water partition coefficient (Wildman–Crippen LogP) is 2.84. The summed E-state index contributed by atoms with van der Waals surface area (Å²) in [6.45, 7) is 0.654. The van der Waals surface area contributed by atoms with Crippen molar-refractivity contribution in [1.29, 1.82) is 0 Å². The van der Waals surface area contributed by atoms with Crippen LogP contribution < -0.4 is 0 Å². The number of thiazole rings is 1. The van der Waals surface area contributed by atoms with Gasteiger partial charge in [-0.2, -0.15) is 0 Å². The number of sulfone groups is 1. The lowest BCUT2D eigenvalue weighted by Gasteiger charge is -2.35. The average molecular weight is 357 g/mol. The van der Waals surface area contributed by atoms with Crippen molar-refractivity contribution in [3.63, 3.8) is 0 Å². The molecule has 2 aliphatic rings. The lowest BCUT2D eigenvalue weighted by molar-refractivity contribution is 0.0642.